The standard InChI is InChI=1S/C16H21NO2/c1-19-15-9-5-6-13(12-15)10-11-16(18)17-14-7-3-2-4-8-14/h5-6,9-12,14H,2-4,7-8H2,1H3,(H,17,18)/b11-10+. The van der Waals surface area contributed by atoms with Gasteiger partial charge in [-0.05, 0) is 36.6 Å². The van der Waals surface area contributed by atoms with Crippen LogP contribution in [0.2, 0.25) is 0 Å². The molecule has 0 aromatic heterocycles. The van der Waals surface area contributed by atoms with Crippen LogP contribution in [0.5, 0.6) is 5.75 Å². The molecule has 0 atom stereocenters. The molecule has 3 heteroatoms. The Morgan fingerprint density at radius 3 is 2.84 bits per heavy atom. The monoisotopic (exact) mass is 259 g/mol. The Hall–Kier alpha value is -1.77. The highest BCUT2D eigenvalue weighted by molar-refractivity contribution is 5.91. The Labute approximate surface area is 114 Å². The second kappa shape index (κ2) is 6.98. The number of carbonyl (C=O) groups excluding carboxylic acids is 1. The summed E-state index contributed by atoms with van der Waals surface area (Å²) in [6.07, 6.45) is 9.39. The van der Waals surface area contributed by atoms with Crippen molar-refractivity contribution < 1.29 is 9.53 Å². The number of ether oxygens (including phenoxy) is 1. The van der Waals surface area contributed by atoms with E-state index in [4.69, 9.17) is 4.74 Å². The van der Waals surface area contributed by atoms with Gasteiger partial charge in [-0.1, -0.05) is 31.4 Å². The smallest absolute Gasteiger partial charge is 0.244 e. The topological polar surface area (TPSA) is 38.3 Å². The molecule has 19 heavy (non-hydrogen) atoms. The van der Waals surface area contributed by atoms with Gasteiger partial charge < -0.3 is 10.1 Å². The lowest BCUT2D eigenvalue weighted by Crippen LogP contribution is -2.34. The molecule has 0 aliphatic heterocycles. The molecule has 1 aliphatic carbocycles. The summed E-state index contributed by atoms with van der Waals surface area (Å²) in [5.74, 6) is 0.796. The minimum atomic E-state index is -0.00489. The van der Waals surface area contributed by atoms with E-state index >= 15 is 0 Å². The molecule has 1 N–H and O–H groups in total. The normalized spacial score (nSPS) is 16.5. The molecule has 0 saturated heterocycles. The maximum Gasteiger partial charge on any atom is 0.244 e. The molecule has 0 spiro atoms. The third-order valence-electron chi connectivity index (χ3n) is 3.47. The molecule has 2 rings (SSSR count). The largest absolute Gasteiger partial charge is 0.497 e. The van der Waals surface area contributed by atoms with Gasteiger partial charge in [0, 0.05) is 12.1 Å². The molecule has 1 aliphatic rings. The van der Waals surface area contributed by atoms with Crippen molar-refractivity contribution in [2.75, 3.05) is 7.11 Å². The molecule has 1 fully saturated rings. The van der Waals surface area contributed by atoms with Crippen LogP contribution in [0.1, 0.15) is 37.7 Å². The summed E-state index contributed by atoms with van der Waals surface area (Å²) < 4.78 is 5.15. The summed E-state index contributed by atoms with van der Waals surface area (Å²) in [5.41, 5.74) is 0.971. The second-order valence-corrected chi connectivity index (χ2v) is 4.95. The molecule has 0 heterocycles. The fourth-order valence-corrected chi connectivity index (χ4v) is 2.41. The average molecular weight is 259 g/mol. The first-order valence-corrected chi connectivity index (χ1v) is 6.90. The molecule has 0 radical (unpaired) electrons. The molecule has 1 saturated carbocycles. The van der Waals surface area contributed by atoms with E-state index in [1.54, 1.807) is 13.2 Å². The van der Waals surface area contributed by atoms with Crippen LogP contribution in [0.4, 0.5) is 0 Å². The van der Waals surface area contributed by atoms with Crippen molar-refractivity contribution in [3.05, 3.63) is 35.9 Å². The number of hydrogen-bond acceptors (Lipinski definition) is 2. The molecule has 0 unspecified atom stereocenters. The van der Waals surface area contributed by atoms with Crippen LogP contribution in [-0.2, 0) is 4.79 Å². The highest BCUT2D eigenvalue weighted by Crippen LogP contribution is 2.17. The quantitative estimate of drug-likeness (QED) is 0.843. The van der Waals surface area contributed by atoms with Gasteiger partial charge >= 0.3 is 0 Å². The maximum atomic E-state index is 11.8. The van der Waals surface area contributed by atoms with Gasteiger partial charge in [-0.2, -0.15) is 0 Å². The summed E-state index contributed by atoms with van der Waals surface area (Å²) in [5, 5.41) is 3.06. The first kappa shape index (κ1) is 13.7. The Morgan fingerprint density at radius 2 is 2.11 bits per heavy atom. The molecular weight excluding hydrogens is 238 g/mol. The number of benzene rings is 1. The van der Waals surface area contributed by atoms with Crippen LogP contribution in [0.3, 0.4) is 0 Å². The molecule has 1 aromatic carbocycles. The highest BCUT2D eigenvalue weighted by Gasteiger charge is 2.13. The predicted octanol–water partition coefficient (Wildman–Crippen LogP) is 3.16. The maximum absolute atomic E-state index is 11.8. The van der Waals surface area contributed by atoms with Crippen molar-refractivity contribution in [3.8, 4) is 5.75 Å². The van der Waals surface area contributed by atoms with Crippen molar-refractivity contribution in [3.63, 3.8) is 0 Å². The van der Waals surface area contributed by atoms with Crippen molar-refractivity contribution in [1.29, 1.82) is 0 Å². The van der Waals surface area contributed by atoms with Gasteiger partial charge in [0.1, 0.15) is 5.75 Å². The van der Waals surface area contributed by atoms with Crippen molar-refractivity contribution in [2.45, 2.75) is 38.1 Å². The molecular formula is C16H21NO2. The Bertz CT molecular complexity index is 448. The number of carbonyl (C=O) groups is 1. The van der Waals surface area contributed by atoms with E-state index in [9.17, 15) is 4.79 Å². The van der Waals surface area contributed by atoms with Crippen LogP contribution >= 0.6 is 0 Å². The molecule has 1 amide bonds. The van der Waals surface area contributed by atoms with Crippen molar-refractivity contribution in [2.24, 2.45) is 0 Å². The molecule has 0 bridgehead atoms. The van der Waals surface area contributed by atoms with Gasteiger partial charge in [0.05, 0.1) is 7.11 Å². The van der Waals surface area contributed by atoms with E-state index < -0.39 is 0 Å². The van der Waals surface area contributed by atoms with Crippen molar-refractivity contribution in [1.82, 2.24) is 5.32 Å². The van der Waals surface area contributed by atoms with Gasteiger partial charge in [0.25, 0.3) is 0 Å². The number of amides is 1. The number of nitrogens with one attached hydrogen (secondary N) is 1. The SMILES string of the molecule is COc1cccc(/C=C/C(=O)NC2CCCCC2)c1. The van der Waals surface area contributed by atoms with E-state index in [0.29, 0.717) is 6.04 Å². The van der Waals surface area contributed by atoms with Crippen LogP contribution < -0.4 is 10.1 Å². The van der Waals surface area contributed by atoms with E-state index in [-0.39, 0.29) is 5.91 Å². The van der Waals surface area contributed by atoms with Gasteiger partial charge in [-0.15, -0.1) is 0 Å². The fourth-order valence-electron chi connectivity index (χ4n) is 2.41. The third kappa shape index (κ3) is 4.43. The number of methoxy groups -OCH3 is 1. The van der Waals surface area contributed by atoms with Crippen LogP contribution in [0.15, 0.2) is 30.3 Å². The number of hydrogen-bond donors (Lipinski definition) is 1. The molecule has 1 aromatic rings. The Balaban J connectivity index is 1.88. The zero-order valence-corrected chi connectivity index (χ0v) is 11.4. The van der Waals surface area contributed by atoms with Gasteiger partial charge in [0.15, 0.2) is 0 Å². The van der Waals surface area contributed by atoms with Crippen LogP contribution in [0.25, 0.3) is 6.08 Å². The van der Waals surface area contributed by atoms with Crippen molar-refractivity contribution >= 4 is 12.0 Å². The Morgan fingerprint density at radius 1 is 1.32 bits per heavy atom. The van der Waals surface area contributed by atoms with E-state index in [1.165, 1.54) is 19.3 Å². The zero-order valence-electron chi connectivity index (χ0n) is 11.4. The Kier molecular flexibility index (Phi) is 5.01. The van der Waals surface area contributed by atoms with E-state index in [2.05, 4.69) is 5.32 Å². The minimum absolute atomic E-state index is 0.00489. The fraction of sp³-hybridized carbons (Fsp3) is 0.438. The average Bonchev–Trinajstić information content (AvgIpc) is 2.46. The molecule has 3 nitrogen and oxygen atoms in total. The van der Waals surface area contributed by atoms with Crippen LogP contribution in [-0.4, -0.2) is 19.1 Å². The third-order valence-corrected chi connectivity index (χ3v) is 3.47. The van der Waals surface area contributed by atoms with Gasteiger partial charge in [0.2, 0.25) is 5.91 Å². The van der Waals surface area contributed by atoms with E-state index in [0.717, 1.165) is 24.2 Å². The summed E-state index contributed by atoms with van der Waals surface area (Å²) in [4.78, 5) is 11.8. The first-order valence-electron chi connectivity index (χ1n) is 6.90. The first-order chi connectivity index (χ1) is 9.28. The van der Waals surface area contributed by atoms with Gasteiger partial charge in [-0.3, -0.25) is 4.79 Å². The second-order valence-electron chi connectivity index (χ2n) is 4.95. The predicted molar refractivity (Wildman–Crippen MR) is 77.0 cm³/mol. The lowest BCUT2D eigenvalue weighted by atomic mass is 9.95. The summed E-state index contributed by atoms with van der Waals surface area (Å²) >= 11 is 0. The van der Waals surface area contributed by atoms with Gasteiger partial charge in [-0.25, -0.2) is 0 Å². The lowest BCUT2D eigenvalue weighted by molar-refractivity contribution is -0.117. The zero-order chi connectivity index (χ0) is 13.5. The lowest BCUT2D eigenvalue weighted by Gasteiger charge is -2.21. The molecule has 102 valence electrons. The number of rotatable bonds is 4. The summed E-state index contributed by atoms with van der Waals surface area (Å²) in [6, 6.07) is 8.02. The minimum Gasteiger partial charge on any atom is -0.497 e. The van der Waals surface area contributed by atoms with Crippen LogP contribution in [0, 0.1) is 0 Å². The van der Waals surface area contributed by atoms with E-state index in [1.807, 2.05) is 30.3 Å². The highest BCUT2D eigenvalue weighted by atomic mass is 16.5. The summed E-state index contributed by atoms with van der Waals surface area (Å²) in [6.45, 7) is 0. The summed E-state index contributed by atoms with van der Waals surface area (Å²) in [7, 11) is 1.64.